The highest BCUT2D eigenvalue weighted by Crippen LogP contribution is 2.26. The lowest BCUT2D eigenvalue weighted by molar-refractivity contribution is -0.301. The first-order valence-electron chi connectivity index (χ1n) is 25.4. The number of aliphatic hydroxyl groups excluding tert-OH is 3. The van der Waals surface area contributed by atoms with Gasteiger partial charge >= 0.3 is 16.4 Å². The van der Waals surface area contributed by atoms with Crippen LogP contribution in [0.1, 0.15) is 206 Å². The van der Waals surface area contributed by atoms with E-state index in [1.807, 2.05) is 0 Å². The first-order chi connectivity index (χ1) is 31.1. The van der Waals surface area contributed by atoms with E-state index in [0.29, 0.717) is 13.0 Å². The molecule has 0 aromatic rings. The Labute approximate surface area is 389 Å². The van der Waals surface area contributed by atoms with Gasteiger partial charge in [0.15, 0.2) is 6.29 Å². The Morgan fingerprint density at radius 3 is 1.55 bits per heavy atom. The first-order valence-corrected chi connectivity index (χ1v) is 26.8. The summed E-state index contributed by atoms with van der Waals surface area (Å²) in [6.07, 6.45) is 43.0. The number of unbranched alkanes of at least 4 members (excludes halogenated alkanes) is 23. The molecule has 1 fully saturated rings. The van der Waals surface area contributed by atoms with Crippen LogP contribution >= 0.6 is 0 Å². The number of rotatable bonds is 44. The molecule has 0 aliphatic carbocycles. The molecule has 0 bridgehead atoms. The van der Waals surface area contributed by atoms with Gasteiger partial charge in [0.05, 0.1) is 19.8 Å². The van der Waals surface area contributed by atoms with Gasteiger partial charge in [-0.2, -0.15) is 8.42 Å². The predicted octanol–water partition coefficient (Wildman–Crippen LogP) is 11.5. The zero-order valence-corrected chi connectivity index (χ0v) is 40.9. The number of carbonyl (C=O) groups excluding carboxylic acids is 1. The molecule has 0 radical (unpaired) electrons. The van der Waals surface area contributed by atoms with Gasteiger partial charge in [-0.05, 0) is 51.4 Å². The third kappa shape index (κ3) is 35.3. The minimum atomic E-state index is -5.07. The number of aliphatic hydroxyl groups is 3. The van der Waals surface area contributed by atoms with Gasteiger partial charge in [0.25, 0.3) is 0 Å². The summed E-state index contributed by atoms with van der Waals surface area (Å²) in [5.74, 6) is -0.437. The lowest BCUT2D eigenvalue weighted by Gasteiger charge is -2.41. The highest BCUT2D eigenvalue weighted by molar-refractivity contribution is 7.80. The Kier molecular flexibility index (Phi) is 39.8. The second kappa shape index (κ2) is 42.4. The molecule has 0 aromatic carbocycles. The second-order valence-corrected chi connectivity index (χ2v) is 18.4. The van der Waals surface area contributed by atoms with Gasteiger partial charge in [-0.3, -0.25) is 9.35 Å². The fraction of sp³-hybridized carbons (Fsp3) is 0.824. The smallest absolute Gasteiger partial charge is 0.397 e. The van der Waals surface area contributed by atoms with Crippen LogP contribution in [0.4, 0.5) is 0 Å². The number of hydrogen-bond donors (Lipinski definition) is 4. The summed E-state index contributed by atoms with van der Waals surface area (Å²) in [6, 6.07) is 0. The van der Waals surface area contributed by atoms with Crippen molar-refractivity contribution in [3.05, 3.63) is 48.6 Å². The van der Waals surface area contributed by atoms with Crippen molar-refractivity contribution in [3.63, 3.8) is 0 Å². The molecule has 1 rings (SSSR count). The molecule has 0 spiro atoms. The van der Waals surface area contributed by atoms with Gasteiger partial charge in [-0.15, -0.1) is 0 Å². The van der Waals surface area contributed by atoms with E-state index >= 15 is 0 Å². The number of hydrogen-bond acceptors (Lipinski definition) is 11. The average molecular weight is 929 g/mol. The van der Waals surface area contributed by atoms with E-state index in [2.05, 4.69) is 66.6 Å². The molecule has 0 aromatic heterocycles. The summed E-state index contributed by atoms with van der Waals surface area (Å²) < 4.78 is 59.2. The van der Waals surface area contributed by atoms with Crippen molar-refractivity contribution in [1.82, 2.24) is 0 Å². The van der Waals surface area contributed by atoms with Gasteiger partial charge in [0.2, 0.25) is 0 Å². The van der Waals surface area contributed by atoms with E-state index in [1.165, 1.54) is 122 Å². The van der Waals surface area contributed by atoms with Crippen LogP contribution in [-0.4, -0.2) is 97.5 Å². The maximum Gasteiger partial charge on any atom is 0.397 e. The van der Waals surface area contributed by atoms with Crippen LogP contribution in [0.5, 0.6) is 0 Å². The van der Waals surface area contributed by atoms with Crippen molar-refractivity contribution in [2.75, 3.05) is 26.4 Å². The molecule has 6 atom stereocenters. The highest BCUT2D eigenvalue weighted by Gasteiger charge is 2.48. The molecule has 1 aliphatic rings. The summed E-state index contributed by atoms with van der Waals surface area (Å²) in [5, 5.41) is 30.7. The monoisotopic (exact) mass is 929 g/mol. The standard InChI is InChI=1S/C51H92O12S/c1-3-5-7-9-11-13-15-17-19-20-21-22-23-24-25-27-29-31-33-35-37-39-41-59-43-45(44-60-51-49(55)50(63-64(56,57)58)48(54)46(42-52)62-51)61-47(53)40-38-36-34-32-30-28-26-18-16-14-12-10-8-6-4-2/h6,8,12,14,18,26,30,32,45-46,48-52,54-55H,3-5,7,9-11,13,15-17,19-25,27-29,31,33-44H2,1-2H3,(H,56,57,58)/b8-6-,14-12-,26-18-,32-30-. The van der Waals surface area contributed by atoms with Crippen molar-refractivity contribution in [2.24, 2.45) is 0 Å². The van der Waals surface area contributed by atoms with Gasteiger partial charge < -0.3 is 34.3 Å². The molecule has 1 aliphatic heterocycles. The molecule has 64 heavy (non-hydrogen) atoms. The molecule has 13 heteroatoms. The first kappa shape index (κ1) is 60.1. The summed E-state index contributed by atoms with van der Waals surface area (Å²) in [5.41, 5.74) is 0. The zero-order chi connectivity index (χ0) is 46.8. The Bertz CT molecular complexity index is 1300. The van der Waals surface area contributed by atoms with E-state index in [0.717, 1.165) is 57.8 Å². The Morgan fingerprint density at radius 1 is 0.609 bits per heavy atom. The number of esters is 1. The van der Waals surface area contributed by atoms with E-state index in [1.54, 1.807) is 0 Å². The fourth-order valence-electron chi connectivity index (χ4n) is 7.66. The lowest BCUT2D eigenvalue weighted by atomic mass is 9.99. The number of allylic oxidation sites excluding steroid dienone is 8. The van der Waals surface area contributed by atoms with Gasteiger partial charge in [-0.1, -0.05) is 197 Å². The quantitative estimate of drug-likeness (QED) is 0.0197. The molecule has 0 saturated carbocycles. The van der Waals surface area contributed by atoms with E-state index in [9.17, 15) is 33.1 Å². The molecule has 1 saturated heterocycles. The van der Waals surface area contributed by atoms with Crippen LogP contribution in [0.15, 0.2) is 48.6 Å². The van der Waals surface area contributed by atoms with Crippen LogP contribution in [0.2, 0.25) is 0 Å². The molecule has 374 valence electrons. The maximum absolute atomic E-state index is 12.9. The van der Waals surface area contributed by atoms with Crippen molar-refractivity contribution >= 4 is 16.4 Å². The summed E-state index contributed by atoms with van der Waals surface area (Å²) in [6.45, 7) is 3.85. The minimum absolute atomic E-state index is 0.0206. The lowest BCUT2D eigenvalue weighted by Crippen LogP contribution is -2.60. The largest absolute Gasteiger partial charge is 0.457 e. The fourth-order valence-corrected chi connectivity index (χ4v) is 8.17. The Morgan fingerprint density at radius 2 is 1.08 bits per heavy atom. The minimum Gasteiger partial charge on any atom is -0.457 e. The van der Waals surface area contributed by atoms with Crippen LogP contribution in [0.3, 0.4) is 0 Å². The molecule has 12 nitrogen and oxygen atoms in total. The predicted molar refractivity (Wildman–Crippen MR) is 257 cm³/mol. The zero-order valence-electron chi connectivity index (χ0n) is 40.1. The van der Waals surface area contributed by atoms with Gasteiger partial charge in [0, 0.05) is 13.0 Å². The SMILES string of the molecule is CC/C=C\C/C=C\C/C=C\C/C=C\CCCCC(=O)OC(COCCCCCCCCCCCCCCCCCCCCCCCC)COC1OC(CO)C(O)C(OS(=O)(=O)O)C1O. The normalized spacial score (nSPS) is 20.1. The van der Waals surface area contributed by atoms with E-state index in [4.69, 9.17) is 18.9 Å². The van der Waals surface area contributed by atoms with Crippen molar-refractivity contribution in [3.8, 4) is 0 Å². The van der Waals surface area contributed by atoms with Crippen LogP contribution in [-0.2, 0) is 38.3 Å². The van der Waals surface area contributed by atoms with E-state index < -0.39 is 59.8 Å². The molecule has 1 heterocycles. The highest BCUT2D eigenvalue weighted by atomic mass is 32.3. The molecular weight excluding hydrogens is 837 g/mol. The second-order valence-electron chi connectivity index (χ2n) is 17.4. The maximum atomic E-state index is 12.9. The van der Waals surface area contributed by atoms with Crippen LogP contribution < -0.4 is 0 Å². The van der Waals surface area contributed by atoms with Crippen molar-refractivity contribution in [2.45, 2.75) is 243 Å². The summed E-state index contributed by atoms with van der Waals surface area (Å²) in [7, 11) is -5.07. The van der Waals surface area contributed by atoms with Crippen molar-refractivity contribution < 1.29 is 56.2 Å². The molecule has 4 N–H and O–H groups in total. The molecule has 6 unspecified atom stereocenters. The Balaban J connectivity index is 2.36. The number of ether oxygens (including phenoxy) is 4. The van der Waals surface area contributed by atoms with Crippen LogP contribution in [0, 0.1) is 0 Å². The van der Waals surface area contributed by atoms with Crippen LogP contribution in [0.25, 0.3) is 0 Å². The third-order valence-electron chi connectivity index (χ3n) is 11.5. The van der Waals surface area contributed by atoms with Crippen molar-refractivity contribution in [1.29, 1.82) is 0 Å². The molecule has 0 amide bonds. The molecular formula is C51H92O12S. The summed E-state index contributed by atoms with van der Waals surface area (Å²) in [4.78, 5) is 12.9. The average Bonchev–Trinajstić information content (AvgIpc) is 3.27. The third-order valence-corrected chi connectivity index (χ3v) is 11.9. The number of carbonyl (C=O) groups is 1. The Hall–Kier alpha value is -1.94. The topological polar surface area (TPSA) is 178 Å². The summed E-state index contributed by atoms with van der Waals surface area (Å²) >= 11 is 0. The van der Waals surface area contributed by atoms with Gasteiger partial charge in [0.1, 0.15) is 30.5 Å². The van der Waals surface area contributed by atoms with Gasteiger partial charge in [-0.25, -0.2) is 4.18 Å². The van der Waals surface area contributed by atoms with E-state index in [-0.39, 0.29) is 19.6 Å².